The largest absolute Gasteiger partial charge is 0.345 e. The number of pyridine rings is 1. The molecular weight excluding hydrogens is 328 g/mol. The van der Waals surface area contributed by atoms with Crippen molar-refractivity contribution < 1.29 is 4.79 Å². The van der Waals surface area contributed by atoms with Crippen LogP contribution >= 0.6 is 0 Å². The Morgan fingerprint density at radius 2 is 2.04 bits per heavy atom. The molecule has 2 N–H and O–H groups in total. The third-order valence-electron chi connectivity index (χ3n) is 4.92. The Kier molecular flexibility index (Phi) is 4.16. The smallest absolute Gasteiger partial charge is 0.261 e. The Labute approximate surface area is 150 Å². The summed E-state index contributed by atoms with van der Waals surface area (Å²) in [5.74, 6) is -0.354. The van der Waals surface area contributed by atoms with E-state index in [1.54, 1.807) is 12.1 Å². The van der Waals surface area contributed by atoms with Gasteiger partial charge < -0.3 is 10.3 Å². The van der Waals surface area contributed by atoms with Gasteiger partial charge in [0, 0.05) is 24.0 Å². The second-order valence-electron chi connectivity index (χ2n) is 6.57. The van der Waals surface area contributed by atoms with Gasteiger partial charge in [0.2, 0.25) is 0 Å². The summed E-state index contributed by atoms with van der Waals surface area (Å²) < 4.78 is 1.86. The monoisotopic (exact) mass is 348 g/mol. The predicted molar refractivity (Wildman–Crippen MR) is 98.9 cm³/mol. The molecule has 1 unspecified atom stereocenters. The minimum Gasteiger partial charge on any atom is -0.345 e. The zero-order chi connectivity index (χ0) is 18.1. The molecular formula is C20H20N4O2. The lowest BCUT2D eigenvalue weighted by atomic mass is 9.93. The van der Waals surface area contributed by atoms with Gasteiger partial charge in [-0.2, -0.15) is 5.10 Å². The SMILES string of the molecule is Cn1ncc2c1CCCC2NC(=O)c1ccc(-c2ccccc2)[nH]c1=O. The van der Waals surface area contributed by atoms with Crippen molar-refractivity contribution in [2.75, 3.05) is 0 Å². The van der Waals surface area contributed by atoms with Gasteiger partial charge >= 0.3 is 0 Å². The highest BCUT2D eigenvalue weighted by Crippen LogP contribution is 2.29. The number of benzene rings is 1. The summed E-state index contributed by atoms with van der Waals surface area (Å²) in [4.78, 5) is 27.9. The van der Waals surface area contributed by atoms with Crippen LogP contribution in [0.25, 0.3) is 11.3 Å². The molecule has 0 radical (unpaired) electrons. The fourth-order valence-electron chi connectivity index (χ4n) is 3.53. The van der Waals surface area contributed by atoms with E-state index in [-0.39, 0.29) is 23.1 Å². The van der Waals surface area contributed by atoms with Gasteiger partial charge in [-0.3, -0.25) is 14.3 Å². The van der Waals surface area contributed by atoms with Crippen LogP contribution in [0, 0.1) is 0 Å². The maximum atomic E-state index is 12.6. The van der Waals surface area contributed by atoms with E-state index < -0.39 is 0 Å². The lowest BCUT2D eigenvalue weighted by Crippen LogP contribution is -2.34. The summed E-state index contributed by atoms with van der Waals surface area (Å²) in [6.07, 6.45) is 4.61. The van der Waals surface area contributed by atoms with Gasteiger partial charge in [0.05, 0.1) is 12.2 Å². The van der Waals surface area contributed by atoms with Crippen LogP contribution in [-0.2, 0) is 13.5 Å². The molecule has 6 heteroatoms. The highest BCUT2D eigenvalue weighted by molar-refractivity contribution is 5.94. The summed E-state index contributed by atoms with van der Waals surface area (Å²) in [7, 11) is 1.91. The van der Waals surface area contributed by atoms with Gasteiger partial charge in [0.25, 0.3) is 11.5 Å². The van der Waals surface area contributed by atoms with Crippen molar-refractivity contribution in [2.45, 2.75) is 25.3 Å². The molecule has 1 amide bonds. The van der Waals surface area contributed by atoms with Crippen molar-refractivity contribution in [3.05, 3.63) is 75.8 Å². The van der Waals surface area contributed by atoms with Crippen molar-refractivity contribution >= 4 is 5.91 Å². The van der Waals surface area contributed by atoms with Crippen molar-refractivity contribution in [1.82, 2.24) is 20.1 Å². The van der Waals surface area contributed by atoms with Crippen LogP contribution in [-0.4, -0.2) is 20.7 Å². The second kappa shape index (κ2) is 6.63. The number of carbonyl (C=O) groups is 1. The maximum Gasteiger partial charge on any atom is 0.261 e. The summed E-state index contributed by atoms with van der Waals surface area (Å²) >= 11 is 0. The first kappa shape index (κ1) is 16.3. The number of amides is 1. The summed E-state index contributed by atoms with van der Waals surface area (Å²) in [6, 6.07) is 12.8. The minimum atomic E-state index is -0.383. The Hall–Kier alpha value is -3.15. The first-order valence-electron chi connectivity index (χ1n) is 8.74. The first-order chi connectivity index (χ1) is 12.6. The number of hydrogen-bond donors (Lipinski definition) is 2. The number of H-pyrrole nitrogens is 1. The molecule has 132 valence electrons. The minimum absolute atomic E-state index is 0.104. The Morgan fingerprint density at radius 1 is 1.23 bits per heavy atom. The molecule has 6 nitrogen and oxygen atoms in total. The van der Waals surface area contributed by atoms with E-state index in [1.807, 2.05) is 48.3 Å². The van der Waals surface area contributed by atoms with Gasteiger partial charge in [0.1, 0.15) is 5.56 Å². The number of carbonyl (C=O) groups excluding carboxylic acids is 1. The Morgan fingerprint density at radius 3 is 2.81 bits per heavy atom. The molecule has 1 atom stereocenters. The van der Waals surface area contributed by atoms with E-state index in [1.165, 1.54) is 0 Å². The molecule has 2 aromatic heterocycles. The van der Waals surface area contributed by atoms with Crippen LogP contribution in [0.1, 0.15) is 40.5 Å². The van der Waals surface area contributed by atoms with E-state index in [4.69, 9.17) is 0 Å². The predicted octanol–water partition coefficient (Wildman–Crippen LogP) is 2.58. The molecule has 0 fully saturated rings. The maximum absolute atomic E-state index is 12.6. The molecule has 0 saturated carbocycles. The van der Waals surface area contributed by atoms with Gasteiger partial charge in [-0.1, -0.05) is 30.3 Å². The topological polar surface area (TPSA) is 79.8 Å². The molecule has 3 aromatic rings. The van der Waals surface area contributed by atoms with E-state index in [2.05, 4.69) is 15.4 Å². The number of hydrogen-bond acceptors (Lipinski definition) is 3. The lowest BCUT2D eigenvalue weighted by molar-refractivity contribution is 0.0931. The summed E-state index contributed by atoms with van der Waals surface area (Å²) in [5.41, 5.74) is 3.54. The number of nitrogens with one attached hydrogen (secondary N) is 2. The van der Waals surface area contributed by atoms with E-state index in [0.29, 0.717) is 5.69 Å². The molecule has 26 heavy (non-hydrogen) atoms. The van der Waals surface area contributed by atoms with Crippen LogP contribution in [0.2, 0.25) is 0 Å². The molecule has 2 heterocycles. The third kappa shape index (κ3) is 2.94. The van der Waals surface area contributed by atoms with Gasteiger partial charge in [-0.25, -0.2) is 0 Å². The van der Waals surface area contributed by atoms with Crippen LogP contribution < -0.4 is 10.9 Å². The number of nitrogens with zero attached hydrogens (tertiary/aromatic N) is 2. The van der Waals surface area contributed by atoms with Gasteiger partial charge in [-0.15, -0.1) is 0 Å². The van der Waals surface area contributed by atoms with Crippen molar-refractivity contribution in [1.29, 1.82) is 0 Å². The molecule has 0 spiro atoms. The van der Waals surface area contributed by atoms with Gasteiger partial charge in [-0.05, 0) is 37.0 Å². The summed E-state index contributed by atoms with van der Waals surface area (Å²) in [5, 5.41) is 7.28. The molecule has 1 aliphatic carbocycles. The fraction of sp³-hybridized carbons (Fsp3) is 0.250. The highest BCUT2D eigenvalue weighted by atomic mass is 16.2. The number of aromatic nitrogens is 3. The standard InChI is InChI=1S/C20H20N4O2/c1-24-18-9-5-8-17(15(18)12-21-24)23-20(26)14-10-11-16(22-19(14)25)13-6-3-2-4-7-13/h2-4,6-7,10-12,17H,5,8-9H2,1H3,(H,22,25)(H,23,26). The fourth-order valence-corrected chi connectivity index (χ4v) is 3.53. The average Bonchev–Trinajstić information content (AvgIpc) is 3.04. The van der Waals surface area contributed by atoms with Crippen LogP contribution in [0.5, 0.6) is 0 Å². The lowest BCUT2D eigenvalue weighted by Gasteiger charge is -2.23. The number of aromatic amines is 1. The van der Waals surface area contributed by atoms with Crippen molar-refractivity contribution in [2.24, 2.45) is 7.05 Å². The third-order valence-corrected chi connectivity index (χ3v) is 4.92. The number of fused-ring (bicyclic) bond motifs is 1. The van der Waals surface area contributed by atoms with Crippen LogP contribution in [0.15, 0.2) is 53.5 Å². The molecule has 0 saturated heterocycles. The molecule has 0 aliphatic heterocycles. The Balaban J connectivity index is 1.57. The molecule has 1 aromatic carbocycles. The van der Waals surface area contributed by atoms with Crippen LogP contribution in [0.3, 0.4) is 0 Å². The zero-order valence-electron chi connectivity index (χ0n) is 14.5. The quantitative estimate of drug-likeness (QED) is 0.763. The van der Waals surface area contributed by atoms with Crippen molar-refractivity contribution in [3.8, 4) is 11.3 Å². The summed E-state index contributed by atoms with van der Waals surface area (Å²) in [6.45, 7) is 0. The van der Waals surface area contributed by atoms with E-state index in [0.717, 1.165) is 36.1 Å². The first-order valence-corrected chi connectivity index (χ1v) is 8.74. The van der Waals surface area contributed by atoms with Crippen LogP contribution in [0.4, 0.5) is 0 Å². The molecule has 1 aliphatic rings. The number of aryl methyl sites for hydroxylation is 1. The van der Waals surface area contributed by atoms with Gasteiger partial charge in [0.15, 0.2) is 0 Å². The van der Waals surface area contributed by atoms with Crippen molar-refractivity contribution in [3.63, 3.8) is 0 Å². The zero-order valence-corrected chi connectivity index (χ0v) is 14.5. The second-order valence-corrected chi connectivity index (χ2v) is 6.57. The Bertz CT molecular complexity index is 1000. The molecule has 0 bridgehead atoms. The number of rotatable bonds is 3. The normalized spacial score (nSPS) is 16.1. The van der Waals surface area contributed by atoms with E-state index in [9.17, 15) is 9.59 Å². The van der Waals surface area contributed by atoms with E-state index >= 15 is 0 Å². The highest BCUT2D eigenvalue weighted by Gasteiger charge is 2.25. The molecule has 4 rings (SSSR count). The average molecular weight is 348 g/mol.